The van der Waals surface area contributed by atoms with E-state index in [1.54, 1.807) is 46.8 Å². The van der Waals surface area contributed by atoms with E-state index in [0.29, 0.717) is 36.6 Å². The Hall–Kier alpha value is -2.77. The average Bonchev–Trinajstić information content (AvgIpc) is 3.24. The van der Waals surface area contributed by atoms with E-state index in [2.05, 4.69) is 4.98 Å². The maximum absolute atomic E-state index is 14.1. The molecule has 3 aromatic rings. The third-order valence-corrected chi connectivity index (χ3v) is 5.01. The molecule has 5 nitrogen and oxygen atoms in total. The molecule has 0 bridgehead atoms. The van der Waals surface area contributed by atoms with Crippen LogP contribution in [-0.4, -0.2) is 47.9 Å². The zero-order chi connectivity index (χ0) is 20.6. The van der Waals surface area contributed by atoms with Crippen LogP contribution in [-0.2, 0) is 13.2 Å². The van der Waals surface area contributed by atoms with Crippen molar-refractivity contribution in [3.05, 3.63) is 82.1 Å². The van der Waals surface area contributed by atoms with Gasteiger partial charge in [0.2, 0.25) is 0 Å². The molecule has 7 heteroatoms. The molecule has 0 atom stereocenters. The molecule has 1 aromatic heterocycles. The summed E-state index contributed by atoms with van der Waals surface area (Å²) in [7, 11) is 3.89. The molecule has 29 heavy (non-hydrogen) atoms. The Kier molecular flexibility index (Phi) is 7.32. The van der Waals surface area contributed by atoms with Crippen molar-refractivity contribution in [2.24, 2.45) is 0 Å². The first-order chi connectivity index (χ1) is 14.0. The van der Waals surface area contributed by atoms with Gasteiger partial charge in [-0.1, -0.05) is 24.3 Å². The SMILES string of the molecule is CN(C)CCN(Cc1ccccc1F)C(=O)c1cccc(OCc2cscn2)c1. The summed E-state index contributed by atoms with van der Waals surface area (Å²) in [5.74, 6) is 0.131. The van der Waals surface area contributed by atoms with Gasteiger partial charge in [-0.15, -0.1) is 11.3 Å². The number of hydrogen-bond donors (Lipinski definition) is 0. The molecule has 0 N–H and O–H groups in total. The van der Waals surface area contributed by atoms with Gasteiger partial charge in [-0.2, -0.15) is 0 Å². The van der Waals surface area contributed by atoms with E-state index in [-0.39, 0.29) is 18.3 Å². The van der Waals surface area contributed by atoms with E-state index in [1.807, 2.05) is 30.4 Å². The fourth-order valence-electron chi connectivity index (χ4n) is 2.77. The smallest absolute Gasteiger partial charge is 0.254 e. The number of ether oxygens (including phenoxy) is 1. The third-order valence-electron chi connectivity index (χ3n) is 4.37. The molecule has 0 spiro atoms. The predicted molar refractivity (Wildman–Crippen MR) is 113 cm³/mol. The maximum Gasteiger partial charge on any atom is 0.254 e. The molecule has 0 saturated heterocycles. The van der Waals surface area contributed by atoms with E-state index < -0.39 is 0 Å². The first-order valence-electron chi connectivity index (χ1n) is 9.30. The number of carbonyl (C=O) groups excluding carboxylic acids is 1. The lowest BCUT2D eigenvalue weighted by atomic mass is 10.1. The van der Waals surface area contributed by atoms with Crippen molar-refractivity contribution in [3.63, 3.8) is 0 Å². The van der Waals surface area contributed by atoms with E-state index in [9.17, 15) is 9.18 Å². The molecular weight excluding hydrogens is 389 g/mol. The van der Waals surface area contributed by atoms with Crippen LogP contribution < -0.4 is 4.74 Å². The third kappa shape index (κ3) is 6.10. The van der Waals surface area contributed by atoms with Crippen LogP contribution in [0, 0.1) is 5.82 Å². The van der Waals surface area contributed by atoms with Crippen LogP contribution in [0.5, 0.6) is 5.75 Å². The second kappa shape index (κ2) is 10.1. The van der Waals surface area contributed by atoms with E-state index in [4.69, 9.17) is 4.74 Å². The number of thiazole rings is 1. The summed E-state index contributed by atoms with van der Waals surface area (Å²) in [4.78, 5) is 21.0. The second-order valence-corrected chi connectivity index (χ2v) is 7.64. The zero-order valence-corrected chi connectivity index (χ0v) is 17.4. The van der Waals surface area contributed by atoms with Crippen LogP contribution in [0.15, 0.2) is 59.4 Å². The summed E-state index contributed by atoms with van der Waals surface area (Å²) in [5.41, 5.74) is 3.61. The monoisotopic (exact) mass is 413 g/mol. The van der Waals surface area contributed by atoms with Crippen molar-refractivity contribution in [2.75, 3.05) is 27.2 Å². The number of halogens is 1. The van der Waals surface area contributed by atoms with Crippen LogP contribution in [0.25, 0.3) is 0 Å². The fraction of sp³-hybridized carbons (Fsp3) is 0.273. The molecule has 0 aliphatic rings. The molecule has 1 amide bonds. The van der Waals surface area contributed by atoms with Gasteiger partial charge in [0.1, 0.15) is 18.2 Å². The molecule has 1 heterocycles. The average molecular weight is 414 g/mol. The molecule has 0 fully saturated rings. The highest BCUT2D eigenvalue weighted by Gasteiger charge is 2.18. The van der Waals surface area contributed by atoms with Gasteiger partial charge in [0.25, 0.3) is 5.91 Å². The quantitative estimate of drug-likeness (QED) is 0.531. The largest absolute Gasteiger partial charge is 0.487 e. The lowest BCUT2D eigenvalue weighted by molar-refractivity contribution is 0.0730. The van der Waals surface area contributed by atoms with Gasteiger partial charge < -0.3 is 14.5 Å². The van der Waals surface area contributed by atoms with Crippen molar-refractivity contribution in [1.29, 1.82) is 0 Å². The molecule has 0 aliphatic heterocycles. The minimum Gasteiger partial charge on any atom is -0.487 e. The number of rotatable bonds is 9. The summed E-state index contributed by atoms with van der Waals surface area (Å²) in [6.07, 6.45) is 0. The van der Waals surface area contributed by atoms with Crippen molar-refractivity contribution < 1.29 is 13.9 Å². The minimum absolute atomic E-state index is 0.158. The Morgan fingerprint density at radius 3 is 2.69 bits per heavy atom. The number of aromatic nitrogens is 1. The Labute approximate surface area is 174 Å². The number of hydrogen-bond acceptors (Lipinski definition) is 5. The Bertz CT molecular complexity index is 931. The number of benzene rings is 2. The maximum atomic E-state index is 14.1. The van der Waals surface area contributed by atoms with Gasteiger partial charge in [-0.3, -0.25) is 4.79 Å². The highest BCUT2D eigenvalue weighted by Crippen LogP contribution is 2.18. The number of amides is 1. The summed E-state index contributed by atoms with van der Waals surface area (Å²) < 4.78 is 19.9. The number of carbonyl (C=O) groups is 1. The van der Waals surface area contributed by atoms with Gasteiger partial charge in [-0.25, -0.2) is 9.37 Å². The Morgan fingerprint density at radius 2 is 1.97 bits per heavy atom. The normalized spacial score (nSPS) is 10.9. The number of nitrogens with zero attached hydrogens (tertiary/aromatic N) is 3. The highest BCUT2D eigenvalue weighted by atomic mass is 32.1. The molecule has 0 saturated carbocycles. The second-order valence-electron chi connectivity index (χ2n) is 6.92. The van der Waals surface area contributed by atoms with Crippen molar-refractivity contribution in [2.45, 2.75) is 13.2 Å². The standard InChI is InChI=1S/C22H24FN3O2S/c1-25(2)10-11-26(13-18-6-3-4-9-21(18)23)22(27)17-7-5-8-20(12-17)28-14-19-15-29-16-24-19/h3-9,12,15-16H,10-11,13-14H2,1-2H3. The van der Waals surface area contributed by atoms with Crippen molar-refractivity contribution in [3.8, 4) is 5.75 Å². The van der Waals surface area contributed by atoms with Gasteiger partial charge in [0, 0.05) is 36.1 Å². The zero-order valence-electron chi connectivity index (χ0n) is 16.5. The topological polar surface area (TPSA) is 45.7 Å². The summed E-state index contributed by atoms with van der Waals surface area (Å²) in [5, 5.41) is 1.92. The van der Waals surface area contributed by atoms with Crippen LogP contribution in [0.2, 0.25) is 0 Å². The molecule has 0 aliphatic carbocycles. The van der Waals surface area contributed by atoms with Gasteiger partial charge in [-0.05, 0) is 38.4 Å². The van der Waals surface area contributed by atoms with E-state index >= 15 is 0 Å². The first kappa shape index (κ1) is 21.0. The highest BCUT2D eigenvalue weighted by molar-refractivity contribution is 7.07. The van der Waals surface area contributed by atoms with Crippen molar-refractivity contribution in [1.82, 2.24) is 14.8 Å². The fourth-order valence-corrected chi connectivity index (χ4v) is 3.32. The molecule has 2 aromatic carbocycles. The van der Waals surface area contributed by atoms with Crippen LogP contribution in [0.3, 0.4) is 0 Å². The Balaban J connectivity index is 1.75. The summed E-state index contributed by atoms with van der Waals surface area (Å²) in [6.45, 7) is 1.73. The Morgan fingerprint density at radius 1 is 1.14 bits per heavy atom. The van der Waals surface area contributed by atoms with Gasteiger partial charge >= 0.3 is 0 Å². The minimum atomic E-state index is -0.310. The lowest BCUT2D eigenvalue weighted by Gasteiger charge is -2.25. The molecule has 0 unspecified atom stereocenters. The van der Waals surface area contributed by atoms with Crippen LogP contribution >= 0.6 is 11.3 Å². The van der Waals surface area contributed by atoms with E-state index in [1.165, 1.54) is 17.4 Å². The molecule has 0 radical (unpaired) electrons. The molecular formula is C22H24FN3O2S. The van der Waals surface area contributed by atoms with Crippen LogP contribution in [0.4, 0.5) is 4.39 Å². The van der Waals surface area contributed by atoms with Crippen molar-refractivity contribution >= 4 is 17.2 Å². The number of likely N-dealkylation sites (N-methyl/N-ethyl adjacent to an activating group) is 1. The lowest BCUT2D eigenvalue weighted by Crippen LogP contribution is -2.36. The summed E-state index contributed by atoms with van der Waals surface area (Å²) in [6, 6.07) is 13.6. The summed E-state index contributed by atoms with van der Waals surface area (Å²) >= 11 is 1.51. The van der Waals surface area contributed by atoms with Gasteiger partial charge in [0.05, 0.1) is 11.2 Å². The van der Waals surface area contributed by atoms with E-state index in [0.717, 1.165) is 5.69 Å². The van der Waals surface area contributed by atoms with Gasteiger partial charge in [0.15, 0.2) is 0 Å². The first-order valence-corrected chi connectivity index (χ1v) is 10.2. The molecule has 3 rings (SSSR count). The molecule has 152 valence electrons. The predicted octanol–water partition coefficient (Wildman–Crippen LogP) is 4.07. The van der Waals surface area contributed by atoms with Crippen LogP contribution in [0.1, 0.15) is 21.6 Å².